The molecule has 126 valence electrons. The van der Waals surface area contributed by atoms with Crippen LogP contribution in [0, 0.1) is 10.1 Å². The number of pyridine rings is 1. The van der Waals surface area contributed by atoms with Crippen LogP contribution in [0.4, 0.5) is 11.4 Å². The van der Waals surface area contributed by atoms with Gasteiger partial charge in [-0.05, 0) is 18.2 Å². The molecule has 3 rings (SSSR count). The number of hydrogen-bond acceptors (Lipinski definition) is 8. The van der Waals surface area contributed by atoms with Crippen LogP contribution in [0.5, 0.6) is 0 Å². The highest BCUT2D eigenvalue weighted by Gasteiger charge is 2.12. The highest BCUT2D eigenvalue weighted by Crippen LogP contribution is 2.23. The molecule has 0 unspecified atom stereocenters. The van der Waals surface area contributed by atoms with Crippen LogP contribution in [0.2, 0.25) is 0 Å². The van der Waals surface area contributed by atoms with E-state index < -0.39 is 4.92 Å². The van der Waals surface area contributed by atoms with E-state index in [9.17, 15) is 14.9 Å². The normalized spacial score (nSPS) is 10.4. The third-order valence-electron chi connectivity index (χ3n) is 3.00. The molecule has 1 aromatic carbocycles. The molecule has 9 nitrogen and oxygen atoms in total. The highest BCUT2D eigenvalue weighted by molar-refractivity contribution is 7.99. The Morgan fingerprint density at radius 2 is 2.04 bits per heavy atom. The van der Waals surface area contributed by atoms with Gasteiger partial charge in [-0.25, -0.2) is 0 Å². The Bertz CT molecular complexity index is 900. The molecule has 10 heteroatoms. The summed E-state index contributed by atoms with van der Waals surface area (Å²) in [5.74, 6) is 0.0267. The zero-order chi connectivity index (χ0) is 17.6. The quantitative estimate of drug-likeness (QED) is 0.406. The van der Waals surface area contributed by atoms with Gasteiger partial charge in [0.2, 0.25) is 11.8 Å². The van der Waals surface area contributed by atoms with Crippen molar-refractivity contribution in [1.82, 2.24) is 15.2 Å². The lowest BCUT2D eigenvalue weighted by molar-refractivity contribution is -0.384. The number of nitrogens with one attached hydrogen (secondary N) is 1. The number of thioether (sulfide) groups is 1. The van der Waals surface area contributed by atoms with Gasteiger partial charge in [0.1, 0.15) is 0 Å². The number of anilines is 1. The van der Waals surface area contributed by atoms with E-state index >= 15 is 0 Å². The van der Waals surface area contributed by atoms with Crippen molar-refractivity contribution in [3.8, 4) is 11.5 Å². The summed E-state index contributed by atoms with van der Waals surface area (Å²) in [5, 5.41) is 21.3. The van der Waals surface area contributed by atoms with Crippen LogP contribution in [-0.2, 0) is 4.79 Å². The van der Waals surface area contributed by atoms with Crippen molar-refractivity contribution >= 4 is 29.0 Å². The number of nitrogens with zero attached hydrogens (tertiary/aromatic N) is 4. The Hall–Kier alpha value is -3.27. The number of amides is 1. The second-order valence-electron chi connectivity index (χ2n) is 4.75. The number of carbonyl (C=O) groups excluding carboxylic acids is 1. The lowest BCUT2D eigenvalue weighted by Gasteiger charge is -2.03. The van der Waals surface area contributed by atoms with Gasteiger partial charge in [0.05, 0.1) is 10.7 Å². The SMILES string of the molecule is O=C(CSc1nnc(-c2ccncc2)o1)Nc1cccc([N+](=O)[O-])c1. The zero-order valence-electron chi connectivity index (χ0n) is 12.7. The minimum absolute atomic E-state index is 0.0284. The van der Waals surface area contributed by atoms with Crippen molar-refractivity contribution in [2.24, 2.45) is 0 Å². The molecule has 25 heavy (non-hydrogen) atoms. The third kappa shape index (κ3) is 4.38. The van der Waals surface area contributed by atoms with Gasteiger partial charge in [0.25, 0.3) is 10.9 Å². The monoisotopic (exact) mass is 357 g/mol. The summed E-state index contributed by atoms with van der Waals surface area (Å²) in [5.41, 5.74) is 0.988. The number of carbonyl (C=O) groups is 1. The molecule has 0 saturated carbocycles. The minimum Gasteiger partial charge on any atom is -0.411 e. The van der Waals surface area contributed by atoms with Crippen LogP contribution in [0.25, 0.3) is 11.5 Å². The van der Waals surface area contributed by atoms with E-state index in [-0.39, 0.29) is 22.6 Å². The van der Waals surface area contributed by atoms with Crippen molar-refractivity contribution in [1.29, 1.82) is 0 Å². The van der Waals surface area contributed by atoms with Gasteiger partial charge >= 0.3 is 0 Å². The largest absolute Gasteiger partial charge is 0.411 e. The molecule has 1 N–H and O–H groups in total. The van der Waals surface area contributed by atoms with E-state index in [2.05, 4.69) is 20.5 Å². The maximum absolute atomic E-state index is 11.9. The standard InChI is InChI=1S/C15H11N5O4S/c21-13(17-11-2-1-3-12(8-11)20(22)23)9-25-15-19-18-14(24-15)10-4-6-16-7-5-10/h1-8H,9H2,(H,17,21). The van der Waals surface area contributed by atoms with Crippen LogP contribution in [0.3, 0.4) is 0 Å². The molecular formula is C15H11N5O4S. The summed E-state index contributed by atoms with van der Waals surface area (Å²) in [6.45, 7) is 0. The molecule has 2 heterocycles. The molecule has 2 aromatic heterocycles. The number of benzene rings is 1. The summed E-state index contributed by atoms with van der Waals surface area (Å²) in [4.78, 5) is 26.0. The number of rotatable bonds is 6. The molecule has 0 aliphatic carbocycles. The fourth-order valence-corrected chi connectivity index (χ4v) is 2.46. The summed E-state index contributed by atoms with van der Waals surface area (Å²) in [6, 6.07) is 9.18. The Labute approximate surface area is 145 Å². The second-order valence-corrected chi connectivity index (χ2v) is 5.68. The van der Waals surface area contributed by atoms with Crippen LogP contribution in [-0.4, -0.2) is 31.8 Å². The molecule has 0 atom stereocenters. The number of non-ortho nitro benzene ring substituents is 1. The predicted molar refractivity (Wildman–Crippen MR) is 90.0 cm³/mol. The van der Waals surface area contributed by atoms with Crippen molar-refractivity contribution in [3.63, 3.8) is 0 Å². The van der Waals surface area contributed by atoms with Gasteiger partial charge in [0, 0.05) is 35.8 Å². The summed E-state index contributed by atoms with van der Waals surface area (Å²) < 4.78 is 5.46. The Kier molecular flexibility index (Phi) is 5.00. The molecule has 1 amide bonds. The summed E-state index contributed by atoms with van der Waals surface area (Å²) >= 11 is 1.07. The molecule has 0 aliphatic rings. The van der Waals surface area contributed by atoms with Crippen molar-refractivity contribution < 1.29 is 14.1 Å². The van der Waals surface area contributed by atoms with Gasteiger partial charge in [0.15, 0.2) is 0 Å². The molecule has 3 aromatic rings. The fourth-order valence-electron chi connectivity index (χ4n) is 1.90. The molecule has 0 fully saturated rings. The minimum atomic E-state index is -0.524. The first-order valence-corrected chi connectivity index (χ1v) is 8.01. The Balaban J connectivity index is 1.57. The topological polar surface area (TPSA) is 124 Å². The van der Waals surface area contributed by atoms with Crippen LogP contribution in [0.1, 0.15) is 0 Å². The third-order valence-corrected chi connectivity index (χ3v) is 3.82. The maximum atomic E-state index is 11.9. The Morgan fingerprint density at radius 3 is 2.80 bits per heavy atom. The first-order valence-electron chi connectivity index (χ1n) is 7.03. The molecule has 0 saturated heterocycles. The molecule has 0 radical (unpaired) electrons. The van der Waals surface area contributed by atoms with E-state index in [0.717, 1.165) is 17.3 Å². The van der Waals surface area contributed by atoms with Crippen molar-refractivity contribution in [3.05, 3.63) is 58.9 Å². The van der Waals surface area contributed by atoms with E-state index in [1.165, 1.54) is 18.2 Å². The van der Waals surface area contributed by atoms with Crippen molar-refractivity contribution in [2.75, 3.05) is 11.1 Å². The van der Waals surface area contributed by atoms with Crippen LogP contribution >= 0.6 is 11.8 Å². The van der Waals surface area contributed by atoms with Crippen molar-refractivity contribution in [2.45, 2.75) is 5.22 Å². The molecule has 0 aliphatic heterocycles. The van der Waals surface area contributed by atoms with E-state index in [1.54, 1.807) is 30.6 Å². The average molecular weight is 357 g/mol. The smallest absolute Gasteiger partial charge is 0.277 e. The predicted octanol–water partition coefficient (Wildman–Crippen LogP) is 2.77. The maximum Gasteiger partial charge on any atom is 0.277 e. The number of aromatic nitrogens is 3. The molecule has 0 bridgehead atoms. The van der Waals surface area contributed by atoms with Gasteiger partial charge in [-0.3, -0.25) is 19.9 Å². The summed E-state index contributed by atoms with van der Waals surface area (Å²) in [7, 11) is 0. The number of nitro benzene ring substituents is 1. The average Bonchev–Trinajstić information content (AvgIpc) is 3.10. The number of hydrogen-bond donors (Lipinski definition) is 1. The first kappa shape index (κ1) is 16.6. The number of nitro groups is 1. The van der Waals surface area contributed by atoms with Gasteiger partial charge in [-0.2, -0.15) is 0 Å². The van der Waals surface area contributed by atoms with E-state index in [4.69, 9.17) is 4.42 Å². The lowest BCUT2D eigenvalue weighted by Crippen LogP contribution is -2.14. The van der Waals surface area contributed by atoms with Gasteiger partial charge < -0.3 is 9.73 Å². The van der Waals surface area contributed by atoms with E-state index in [1.807, 2.05) is 0 Å². The molecular weight excluding hydrogens is 346 g/mol. The van der Waals surface area contributed by atoms with Gasteiger partial charge in [-0.1, -0.05) is 17.8 Å². The van der Waals surface area contributed by atoms with Gasteiger partial charge in [-0.15, -0.1) is 10.2 Å². The summed E-state index contributed by atoms with van der Waals surface area (Å²) in [6.07, 6.45) is 3.22. The second kappa shape index (κ2) is 7.53. The first-order chi connectivity index (χ1) is 12.1. The van der Waals surface area contributed by atoms with Crippen LogP contribution in [0.15, 0.2) is 58.4 Å². The fraction of sp³-hybridized carbons (Fsp3) is 0.0667. The van der Waals surface area contributed by atoms with Crippen LogP contribution < -0.4 is 5.32 Å². The zero-order valence-corrected chi connectivity index (χ0v) is 13.5. The highest BCUT2D eigenvalue weighted by atomic mass is 32.2. The Morgan fingerprint density at radius 1 is 1.24 bits per heavy atom. The lowest BCUT2D eigenvalue weighted by atomic mass is 10.3. The molecule has 0 spiro atoms. The van der Waals surface area contributed by atoms with E-state index in [0.29, 0.717) is 11.6 Å².